The molecular formula is C18H15Cl2N3O3S. The topological polar surface area (TPSA) is 73.3 Å². The van der Waals surface area contributed by atoms with Gasteiger partial charge in [0.05, 0.1) is 12.1 Å². The maximum atomic E-state index is 12.0. The number of methoxy groups -OCH3 is 1. The molecule has 9 heteroatoms. The van der Waals surface area contributed by atoms with E-state index in [0.717, 1.165) is 16.3 Å². The van der Waals surface area contributed by atoms with Crippen LogP contribution < -0.4 is 14.8 Å². The molecule has 0 spiro atoms. The standard InChI is InChI=1S/C18H15Cl2N3O3S/c1-25-13-5-2-11(3-6-13)8-17-22-23-18(27-17)21-16(24)10-26-15-7-4-12(19)9-14(15)20/h2-7,9H,8,10H2,1H3,(H,21,23,24). The van der Waals surface area contributed by atoms with Gasteiger partial charge < -0.3 is 9.47 Å². The maximum absolute atomic E-state index is 12.0. The molecule has 0 bridgehead atoms. The summed E-state index contributed by atoms with van der Waals surface area (Å²) in [5, 5.41) is 12.8. The van der Waals surface area contributed by atoms with Gasteiger partial charge in [0, 0.05) is 11.4 Å². The first-order valence-corrected chi connectivity index (χ1v) is 9.44. The quantitative estimate of drug-likeness (QED) is 0.606. The van der Waals surface area contributed by atoms with Crippen LogP contribution in [-0.4, -0.2) is 29.8 Å². The lowest BCUT2D eigenvalue weighted by atomic mass is 10.1. The molecule has 0 radical (unpaired) electrons. The second kappa shape index (κ2) is 9.03. The predicted molar refractivity (Wildman–Crippen MR) is 106 cm³/mol. The second-order valence-corrected chi connectivity index (χ2v) is 7.34. The summed E-state index contributed by atoms with van der Waals surface area (Å²) in [5.41, 5.74) is 1.07. The van der Waals surface area contributed by atoms with Crippen molar-refractivity contribution < 1.29 is 14.3 Å². The lowest BCUT2D eigenvalue weighted by molar-refractivity contribution is -0.118. The van der Waals surface area contributed by atoms with Gasteiger partial charge >= 0.3 is 0 Å². The van der Waals surface area contributed by atoms with E-state index in [1.165, 1.54) is 11.3 Å². The van der Waals surface area contributed by atoms with Crippen LogP contribution in [0.2, 0.25) is 10.0 Å². The van der Waals surface area contributed by atoms with Gasteiger partial charge in [0.15, 0.2) is 6.61 Å². The summed E-state index contributed by atoms with van der Waals surface area (Å²) in [6, 6.07) is 12.5. The predicted octanol–water partition coefficient (Wildman–Crippen LogP) is 4.46. The van der Waals surface area contributed by atoms with Crippen LogP contribution in [0.15, 0.2) is 42.5 Å². The number of carbonyl (C=O) groups is 1. The molecule has 1 aromatic heterocycles. The number of hydrogen-bond donors (Lipinski definition) is 1. The fraction of sp³-hybridized carbons (Fsp3) is 0.167. The molecule has 0 aliphatic heterocycles. The molecule has 0 aliphatic rings. The van der Waals surface area contributed by atoms with Gasteiger partial charge in [0.1, 0.15) is 16.5 Å². The lowest BCUT2D eigenvalue weighted by Crippen LogP contribution is -2.20. The van der Waals surface area contributed by atoms with E-state index in [0.29, 0.717) is 27.3 Å². The molecule has 0 atom stereocenters. The van der Waals surface area contributed by atoms with Crippen LogP contribution >= 0.6 is 34.5 Å². The molecule has 2 aromatic carbocycles. The number of rotatable bonds is 7. The molecule has 0 fully saturated rings. The van der Waals surface area contributed by atoms with Crippen molar-refractivity contribution >= 4 is 45.6 Å². The first-order valence-electron chi connectivity index (χ1n) is 7.86. The Hall–Kier alpha value is -2.35. The van der Waals surface area contributed by atoms with Gasteiger partial charge in [-0.05, 0) is 35.9 Å². The van der Waals surface area contributed by atoms with Crippen LogP contribution in [0.4, 0.5) is 5.13 Å². The number of hydrogen-bond acceptors (Lipinski definition) is 6. The Morgan fingerprint density at radius 3 is 2.63 bits per heavy atom. The number of aromatic nitrogens is 2. The monoisotopic (exact) mass is 423 g/mol. The Morgan fingerprint density at radius 2 is 1.93 bits per heavy atom. The van der Waals surface area contributed by atoms with Gasteiger partial charge in [-0.25, -0.2) is 0 Å². The van der Waals surface area contributed by atoms with E-state index in [1.807, 2.05) is 24.3 Å². The van der Waals surface area contributed by atoms with E-state index in [1.54, 1.807) is 25.3 Å². The highest BCUT2D eigenvalue weighted by Crippen LogP contribution is 2.27. The van der Waals surface area contributed by atoms with E-state index in [4.69, 9.17) is 32.7 Å². The molecule has 140 valence electrons. The van der Waals surface area contributed by atoms with E-state index in [2.05, 4.69) is 15.5 Å². The van der Waals surface area contributed by atoms with E-state index in [-0.39, 0.29) is 12.5 Å². The first kappa shape index (κ1) is 19.4. The third kappa shape index (κ3) is 5.56. The van der Waals surface area contributed by atoms with Crippen molar-refractivity contribution in [2.75, 3.05) is 19.0 Å². The van der Waals surface area contributed by atoms with Crippen molar-refractivity contribution in [2.45, 2.75) is 6.42 Å². The Labute approximate surface area is 170 Å². The van der Waals surface area contributed by atoms with Crippen LogP contribution in [0.1, 0.15) is 10.6 Å². The van der Waals surface area contributed by atoms with Gasteiger partial charge in [-0.3, -0.25) is 10.1 Å². The molecule has 3 aromatic rings. The van der Waals surface area contributed by atoms with Gasteiger partial charge in [-0.2, -0.15) is 0 Å². The highest BCUT2D eigenvalue weighted by atomic mass is 35.5. The molecule has 1 heterocycles. The van der Waals surface area contributed by atoms with Gasteiger partial charge in [0.25, 0.3) is 5.91 Å². The number of nitrogens with one attached hydrogen (secondary N) is 1. The summed E-state index contributed by atoms with van der Waals surface area (Å²) in [7, 11) is 1.62. The molecule has 1 amide bonds. The molecule has 6 nitrogen and oxygen atoms in total. The van der Waals surface area contributed by atoms with E-state index in [9.17, 15) is 4.79 Å². The molecular weight excluding hydrogens is 409 g/mol. The Kier molecular flexibility index (Phi) is 6.49. The molecule has 0 saturated heterocycles. The zero-order valence-corrected chi connectivity index (χ0v) is 16.6. The van der Waals surface area contributed by atoms with Crippen molar-refractivity contribution in [2.24, 2.45) is 0 Å². The van der Waals surface area contributed by atoms with Crippen molar-refractivity contribution in [3.8, 4) is 11.5 Å². The largest absolute Gasteiger partial charge is 0.497 e. The maximum Gasteiger partial charge on any atom is 0.264 e. The molecule has 27 heavy (non-hydrogen) atoms. The molecule has 0 unspecified atom stereocenters. The Morgan fingerprint density at radius 1 is 1.15 bits per heavy atom. The number of ether oxygens (including phenoxy) is 2. The molecule has 0 saturated carbocycles. The highest BCUT2D eigenvalue weighted by molar-refractivity contribution is 7.15. The minimum absolute atomic E-state index is 0.200. The Balaban J connectivity index is 1.52. The SMILES string of the molecule is COc1ccc(Cc2nnc(NC(=O)COc3ccc(Cl)cc3Cl)s2)cc1. The summed E-state index contributed by atoms with van der Waals surface area (Å²) >= 11 is 13.1. The first-order chi connectivity index (χ1) is 13.0. The van der Waals surface area contributed by atoms with Crippen LogP contribution in [0.5, 0.6) is 11.5 Å². The fourth-order valence-electron chi connectivity index (χ4n) is 2.18. The normalized spacial score (nSPS) is 10.5. The van der Waals surface area contributed by atoms with Crippen molar-refractivity contribution in [1.29, 1.82) is 0 Å². The molecule has 1 N–H and O–H groups in total. The highest BCUT2D eigenvalue weighted by Gasteiger charge is 2.11. The number of halogens is 2. The van der Waals surface area contributed by atoms with E-state index >= 15 is 0 Å². The smallest absolute Gasteiger partial charge is 0.264 e. The van der Waals surface area contributed by atoms with E-state index < -0.39 is 0 Å². The van der Waals surface area contributed by atoms with Crippen LogP contribution in [0, 0.1) is 0 Å². The number of benzene rings is 2. The van der Waals surface area contributed by atoms with Crippen LogP contribution in [0.3, 0.4) is 0 Å². The van der Waals surface area contributed by atoms with Crippen molar-refractivity contribution in [1.82, 2.24) is 10.2 Å². The van der Waals surface area contributed by atoms with Gasteiger partial charge in [-0.1, -0.05) is 46.7 Å². The third-order valence-electron chi connectivity index (χ3n) is 3.48. The second-order valence-electron chi connectivity index (χ2n) is 5.44. The van der Waals surface area contributed by atoms with Crippen LogP contribution in [0.25, 0.3) is 0 Å². The number of anilines is 1. The minimum Gasteiger partial charge on any atom is -0.497 e. The van der Waals surface area contributed by atoms with Crippen LogP contribution in [-0.2, 0) is 11.2 Å². The summed E-state index contributed by atoms with van der Waals surface area (Å²) < 4.78 is 10.5. The molecule has 0 aliphatic carbocycles. The van der Waals surface area contributed by atoms with Gasteiger partial charge in [0.2, 0.25) is 5.13 Å². The summed E-state index contributed by atoms with van der Waals surface area (Å²) in [5.74, 6) is 0.826. The number of nitrogens with zero attached hydrogens (tertiary/aromatic N) is 2. The minimum atomic E-state index is -0.354. The summed E-state index contributed by atoms with van der Waals surface area (Å²) in [6.45, 7) is -0.200. The van der Waals surface area contributed by atoms with Crippen molar-refractivity contribution in [3.05, 3.63) is 63.1 Å². The average Bonchev–Trinajstić information content (AvgIpc) is 3.08. The zero-order valence-electron chi connectivity index (χ0n) is 14.2. The summed E-state index contributed by atoms with van der Waals surface area (Å²) in [6.07, 6.45) is 0.619. The fourth-order valence-corrected chi connectivity index (χ4v) is 3.44. The van der Waals surface area contributed by atoms with Crippen molar-refractivity contribution in [3.63, 3.8) is 0 Å². The summed E-state index contributed by atoms with van der Waals surface area (Å²) in [4.78, 5) is 12.0. The lowest BCUT2D eigenvalue weighted by Gasteiger charge is -2.07. The van der Waals surface area contributed by atoms with Gasteiger partial charge in [-0.15, -0.1) is 10.2 Å². The zero-order chi connectivity index (χ0) is 19.2. The Bertz CT molecular complexity index is 932. The third-order valence-corrected chi connectivity index (χ3v) is 4.85. The number of carbonyl (C=O) groups excluding carboxylic acids is 1. The molecule has 3 rings (SSSR count). The average molecular weight is 424 g/mol. The number of amides is 1.